The number of aliphatic imine (C=N–C) groups is 1. The molecule has 0 aliphatic carbocycles. The first-order valence-electron chi connectivity index (χ1n) is 11.6. The predicted molar refractivity (Wildman–Crippen MR) is 146 cm³/mol. The number of anilines is 1. The molecule has 2 heterocycles. The van der Waals surface area contributed by atoms with Gasteiger partial charge in [0.1, 0.15) is 5.25 Å². The smallest absolute Gasteiger partial charge is 0.242 e. The van der Waals surface area contributed by atoms with Crippen molar-refractivity contribution in [3.8, 4) is 0 Å². The topological polar surface area (TPSA) is 66.7 Å². The molecule has 6 nitrogen and oxygen atoms in total. The average molecular weight is 505 g/mol. The van der Waals surface area contributed by atoms with Crippen molar-refractivity contribution in [2.45, 2.75) is 32.1 Å². The number of thioether (sulfide) groups is 1. The lowest BCUT2D eigenvalue weighted by atomic mass is 10.1. The number of benzene rings is 3. The standard InChI is InChI=1S/C27H25ClN4O2S/c1-3-31-22-8-6-5-7-20(22)21-15-19(13-14-23(21)31)30-27-32(4-2)26(34)24(35-27)16-25(33)29-18-11-9-17(28)10-12-18/h5-15,24H,3-4,16H2,1-2H3,(H,29,33)/t24-/m1/s1. The SMILES string of the molecule is CCN1C(=O)[C@@H](CC(=O)Nc2ccc(Cl)cc2)SC1=Nc1ccc2c(c1)c1ccccc1n2CC. The molecule has 1 aliphatic rings. The summed E-state index contributed by atoms with van der Waals surface area (Å²) in [7, 11) is 0. The highest BCUT2D eigenvalue weighted by Crippen LogP contribution is 2.35. The van der Waals surface area contributed by atoms with Crippen molar-refractivity contribution in [1.82, 2.24) is 9.47 Å². The second-order valence-electron chi connectivity index (χ2n) is 8.31. The fourth-order valence-corrected chi connectivity index (χ4v) is 5.84. The Morgan fingerprint density at radius 2 is 1.74 bits per heavy atom. The van der Waals surface area contributed by atoms with Crippen molar-refractivity contribution in [2.75, 3.05) is 11.9 Å². The van der Waals surface area contributed by atoms with Gasteiger partial charge in [-0.3, -0.25) is 14.5 Å². The molecule has 1 fully saturated rings. The zero-order chi connectivity index (χ0) is 24.5. The lowest BCUT2D eigenvalue weighted by molar-refractivity contribution is -0.128. The van der Waals surface area contributed by atoms with Gasteiger partial charge in [0.25, 0.3) is 0 Å². The van der Waals surface area contributed by atoms with E-state index < -0.39 is 5.25 Å². The van der Waals surface area contributed by atoms with Gasteiger partial charge in [0.2, 0.25) is 11.8 Å². The Morgan fingerprint density at radius 1 is 1.00 bits per heavy atom. The van der Waals surface area contributed by atoms with Crippen LogP contribution in [-0.2, 0) is 16.1 Å². The van der Waals surface area contributed by atoms with E-state index in [2.05, 4.69) is 47.1 Å². The van der Waals surface area contributed by atoms with E-state index in [1.165, 1.54) is 22.7 Å². The predicted octanol–water partition coefficient (Wildman–Crippen LogP) is 6.45. The van der Waals surface area contributed by atoms with Gasteiger partial charge in [-0.25, -0.2) is 4.99 Å². The van der Waals surface area contributed by atoms with Gasteiger partial charge >= 0.3 is 0 Å². The second kappa shape index (κ2) is 9.76. The van der Waals surface area contributed by atoms with Gasteiger partial charge in [-0.2, -0.15) is 0 Å². The largest absolute Gasteiger partial charge is 0.341 e. The molecule has 35 heavy (non-hydrogen) atoms. The molecule has 5 rings (SSSR count). The molecule has 1 atom stereocenters. The van der Waals surface area contributed by atoms with E-state index in [-0.39, 0.29) is 18.2 Å². The van der Waals surface area contributed by atoms with Crippen LogP contribution in [0.3, 0.4) is 0 Å². The number of aryl methyl sites for hydroxylation is 1. The van der Waals surface area contributed by atoms with Crippen molar-refractivity contribution in [3.63, 3.8) is 0 Å². The molecule has 8 heteroatoms. The number of fused-ring (bicyclic) bond motifs is 3. The van der Waals surface area contributed by atoms with Gasteiger partial charge in [0.15, 0.2) is 5.17 Å². The van der Waals surface area contributed by atoms with E-state index in [4.69, 9.17) is 16.6 Å². The number of carbonyl (C=O) groups excluding carboxylic acids is 2. The highest BCUT2D eigenvalue weighted by molar-refractivity contribution is 8.15. The van der Waals surface area contributed by atoms with Gasteiger partial charge in [-0.1, -0.05) is 41.6 Å². The van der Waals surface area contributed by atoms with Crippen molar-refractivity contribution in [3.05, 3.63) is 71.8 Å². The molecule has 0 bridgehead atoms. The minimum absolute atomic E-state index is 0.0741. The molecule has 0 spiro atoms. The Balaban J connectivity index is 1.40. The van der Waals surface area contributed by atoms with Crippen molar-refractivity contribution >= 4 is 73.5 Å². The number of para-hydroxylation sites is 1. The first-order valence-corrected chi connectivity index (χ1v) is 12.9. The third-order valence-electron chi connectivity index (χ3n) is 6.13. The number of amidine groups is 1. The summed E-state index contributed by atoms with van der Waals surface area (Å²) in [5, 5.41) is 5.88. The Kier molecular flexibility index (Phi) is 6.54. The molecule has 3 aromatic carbocycles. The van der Waals surface area contributed by atoms with Crippen LogP contribution in [0.25, 0.3) is 21.8 Å². The minimum Gasteiger partial charge on any atom is -0.341 e. The number of nitrogens with zero attached hydrogens (tertiary/aromatic N) is 3. The molecule has 1 aliphatic heterocycles. The van der Waals surface area contributed by atoms with E-state index in [1.807, 2.05) is 19.1 Å². The summed E-state index contributed by atoms with van der Waals surface area (Å²) < 4.78 is 2.29. The fourth-order valence-electron chi connectivity index (χ4n) is 4.49. The maximum atomic E-state index is 13.0. The van der Waals surface area contributed by atoms with Crippen molar-refractivity contribution in [1.29, 1.82) is 0 Å². The normalized spacial score (nSPS) is 17.1. The first-order chi connectivity index (χ1) is 17.0. The van der Waals surface area contributed by atoms with Crippen LogP contribution in [0.4, 0.5) is 11.4 Å². The zero-order valence-electron chi connectivity index (χ0n) is 19.5. The summed E-state index contributed by atoms with van der Waals surface area (Å²) in [5.41, 5.74) is 3.80. The number of hydrogen-bond donors (Lipinski definition) is 1. The van der Waals surface area contributed by atoms with Gasteiger partial charge < -0.3 is 9.88 Å². The highest BCUT2D eigenvalue weighted by atomic mass is 35.5. The van der Waals surface area contributed by atoms with Gasteiger partial charge in [-0.15, -0.1) is 0 Å². The Hall–Kier alpha value is -3.29. The highest BCUT2D eigenvalue weighted by Gasteiger charge is 2.38. The number of aromatic nitrogens is 1. The molecule has 0 saturated carbocycles. The quantitative estimate of drug-likeness (QED) is 0.328. The van der Waals surface area contributed by atoms with Gasteiger partial charge in [-0.05, 0) is 62.4 Å². The third kappa shape index (κ3) is 4.54. The van der Waals surface area contributed by atoms with E-state index in [0.29, 0.717) is 22.4 Å². The van der Waals surface area contributed by atoms with Crippen LogP contribution in [0.5, 0.6) is 0 Å². The summed E-state index contributed by atoms with van der Waals surface area (Å²) in [5.74, 6) is -0.310. The molecule has 1 aromatic heterocycles. The molecule has 0 unspecified atom stereocenters. The van der Waals surface area contributed by atoms with E-state index in [0.717, 1.165) is 23.1 Å². The monoisotopic (exact) mass is 504 g/mol. The second-order valence-corrected chi connectivity index (χ2v) is 9.91. The van der Waals surface area contributed by atoms with Crippen LogP contribution in [0.15, 0.2) is 71.7 Å². The van der Waals surface area contributed by atoms with Gasteiger partial charge in [0, 0.05) is 52.0 Å². The Labute approximate surface area is 213 Å². The van der Waals surface area contributed by atoms with Gasteiger partial charge in [0.05, 0.1) is 5.69 Å². The number of amides is 2. The molecule has 1 saturated heterocycles. The fraction of sp³-hybridized carbons (Fsp3) is 0.222. The number of rotatable bonds is 6. The summed E-state index contributed by atoms with van der Waals surface area (Å²) in [4.78, 5) is 32.1. The third-order valence-corrected chi connectivity index (χ3v) is 7.56. The Morgan fingerprint density at radius 3 is 2.49 bits per heavy atom. The van der Waals surface area contributed by atoms with Crippen LogP contribution in [0, 0.1) is 0 Å². The Bertz CT molecular complexity index is 1460. The molecule has 4 aromatic rings. The number of halogens is 1. The molecular weight excluding hydrogens is 480 g/mol. The molecule has 0 radical (unpaired) electrons. The summed E-state index contributed by atoms with van der Waals surface area (Å²) in [6, 6.07) is 21.4. The van der Waals surface area contributed by atoms with Crippen LogP contribution < -0.4 is 5.32 Å². The van der Waals surface area contributed by atoms with Crippen LogP contribution in [0.1, 0.15) is 20.3 Å². The van der Waals surface area contributed by atoms with Crippen LogP contribution >= 0.6 is 23.4 Å². The summed E-state index contributed by atoms with van der Waals surface area (Å²) in [6.45, 7) is 5.44. The molecular formula is C27H25ClN4O2S. The number of hydrogen-bond acceptors (Lipinski definition) is 4. The first kappa shape index (κ1) is 23.5. The lowest BCUT2D eigenvalue weighted by Gasteiger charge is -2.13. The summed E-state index contributed by atoms with van der Waals surface area (Å²) >= 11 is 7.25. The van der Waals surface area contributed by atoms with Crippen LogP contribution in [0.2, 0.25) is 5.02 Å². The summed E-state index contributed by atoms with van der Waals surface area (Å²) in [6.07, 6.45) is 0.0741. The lowest BCUT2D eigenvalue weighted by Crippen LogP contribution is -2.33. The van der Waals surface area contributed by atoms with Crippen molar-refractivity contribution < 1.29 is 9.59 Å². The van der Waals surface area contributed by atoms with E-state index in [9.17, 15) is 9.59 Å². The zero-order valence-corrected chi connectivity index (χ0v) is 21.1. The minimum atomic E-state index is -0.508. The maximum absolute atomic E-state index is 13.0. The molecule has 178 valence electrons. The number of carbonyl (C=O) groups is 2. The average Bonchev–Trinajstić information content (AvgIpc) is 3.33. The van der Waals surface area contributed by atoms with Crippen LogP contribution in [-0.4, -0.2) is 38.2 Å². The molecule has 2 amide bonds. The molecule has 1 N–H and O–H groups in total. The van der Waals surface area contributed by atoms with E-state index in [1.54, 1.807) is 29.2 Å². The number of nitrogens with one attached hydrogen (secondary N) is 1. The maximum Gasteiger partial charge on any atom is 0.242 e. The van der Waals surface area contributed by atoms with Crippen molar-refractivity contribution in [2.24, 2.45) is 4.99 Å². The van der Waals surface area contributed by atoms with E-state index >= 15 is 0 Å².